The van der Waals surface area contributed by atoms with E-state index in [0.29, 0.717) is 11.3 Å². The summed E-state index contributed by atoms with van der Waals surface area (Å²) in [5, 5.41) is 13.1. The number of ether oxygens (including phenoxy) is 1. The Hall–Kier alpha value is -2.55. The summed E-state index contributed by atoms with van der Waals surface area (Å²) in [5.74, 6) is -0.162. The van der Waals surface area contributed by atoms with Crippen LogP contribution in [0, 0.1) is 11.3 Å². The number of amides is 3. The van der Waals surface area contributed by atoms with Gasteiger partial charge in [0.25, 0.3) is 5.91 Å². The van der Waals surface area contributed by atoms with E-state index in [1.54, 1.807) is 18.2 Å². The van der Waals surface area contributed by atoms with Gasteiger partial charge < -0.3 is 10.1 Å². The molecule has 2 N–H and O–H groups in total. The van der Waals surface area contributed by atoms with Gasteiger partial charge in [-0.1, -0.05) is 6.07 Å². The molecule has 1 unspecified atom stereocenters. The molecule has 1 atom stereocenters. The van der Waals surface area contributed by atoms with E-state index in [0.717, 1.165) is 0 Å². The van der Waals surface area contributed by atoms with Crippen molar-refractivity contribution in [2.75, 3.05) is 7.05 Å². The number of nitrogens with zero attached hydrogens (tertiary/aromatic N) is 1. The average Bonchev–Trinajstić information content (AvgIpc) is 2.38. The highest BCUT2D eigenvalue weighted by molar-refractivity contribution is 5.96. The van der Waals surface area contributed by atoms with Gasteiger partial charge in [-0.2, -0.15) is 5.26 Å². The fraction of sp³-hybridized carbons (Fsp3) is 0.250. The number of hydrogen-bond acceptors (Lipinski definition) is 4. The highest BCUT2D eigenvalue weighted by Gasteiger charge is 2.16. The van der Waals surface area contributed by atoms with Crippen LogP contribution in [0.4, 0.5) is 4.79 Å². The Morgan fingerprint density at radius 3 is 2.78 bits per heavy atom. The quantitative estimate of drug-likeness (QED) is 0.825. The molecule has 0 saturated heterocycles. The second-order valence-corrected chi connectivity index (χ2v) is 3.47. The van der Waals surface area contributed by atoms with E-state index in [1.165, 1.54) is 20.0 Å². The lowest BCUT2D eigenvalue weighted by molar-refractivity contribution is -0.126. The SMILES string of the molecule is CNC(=O)NC(=O)C(C)Oc1cccc(C#N)c1. The van der Waals surface area contributed by atoms with Gasteiger partial charge in [0.15, 0.2) is 6.10 Å². The molecule has 0 aromatic heterocycles. The van der Waals surface area contributed by atoms with Crippen LogP contribution in [0.15, 0.2) is 24.3 Å². The van der Waals surface area contributed by atoms with E-state index in [2.05, 4.69) is 10.6 Å². The highest BCUT2D eigenvalue weighted by Crippen LogP contribution is 2.14. The number of nitrogens with one attached hydrogen (secondary N) is 2. The third-order valence-corrected chi connectivity index (χ3v) is 2.11. The van der Waals surface area contributed by atoms with Crippen LogP contribution in [-0.4, -0.2) is 25.1 Å². The predicted molar refractivity (Wildman–Crippen MR) is 63.8 cm³/mol. The lowest BCUT2D eigenvalue weighted by Gasteiger charge is -2.13. The topological polar surface area (TPSA) is 91.2 Å². The normalized spacial score (nSPS) is 10.9. The smallest absolute Gasteiger partial charge is 0.321 e. The largest absolute Gasteiger partial charge is 0.481 e. The summed E-state index contributed by atoms with van der Waals surface area (Å²) in [5.41, 5.74) is 0.436. The summed E-state index contributed by atoms with van der Waals surface area (Å²) in [6.07, 6.45) is -0.837. The standard InChI is InChI=1S/C12H13N3O3/c1-8(11(16)15-12(17)14-2)18-10-5-3-4-9(6-10)7-13/h3-6,8H,1-2H3,(H2,14,15,16,17). The van der Waals surface area contributed by atoms with E-state index < -0.39 is 18.0 Å². The molecule has 0 saturated carbocycles. The van der Waals surface area contributed by atoms with Crippen molar-refractivity contribution in [1.29, 1.82) is 5.26 Å². The molecule has 6 nitrogen and oxygen atoms in total. The number of urea groups is 1. The van der Waals surface area contributed by atoms with Gasteiger partial charge in [0.1, 0.15) is 5.75 Å². The molecule has 1 rings (SSSR count). The molecule has 3 amide bonds. The van der Waals surface area contributed by atoms with Crippen LogP contribution in [0.1, 0.15) is 12.5 Å². The monoisotopic (exact) mass is 247 g/mol. The summed E-state index contributed by atoms with van der Waals surface area (Å²) >= 11 is 0. The average molecular weight is 247 g/mol. The van der Waals surface area contributed by atoms with Crippen LogP contribution in [0.5, 0.6) is 5.75 Å². The molecule has 0 fully saturated rings. The first-order chi connectivity index (χ1) is 8.56. The molecule has 0 bridgehead atoms. The molecular formula is C12H13N3O3. The maximum atomic E-state index is 11.5. The lowest BCUT2D eigenvalue weighted by atomic mass is 10.2. The Morgan fingerprint density at radius 2 is 2.17 bits per heavy atom. The molecule has 18 heavy (non-hydrogen) atoms. The first-order valence-electron chi connectivity index (χ1n) is 5.26. The Labute approximate surface area is 105 Å². The molecule has 1 aromatic rings. The second-order valence-electron chi connectivity index (χ2n) is 3.47. The van der Waals surface area contributed by atoms with Crippen LogP contribution >= 0.6 is 0 Å². The minimum Gasteiger partial charge on any atom is -0.481 e. The fourth-order valence-corrected chi connectivity index (χ4v) is 1.17. The molecule has 0 aliphatic heterocycles. The number of carbonyl (C=O) groups excluding carboxylic acids is 2. The molecule has 0 aliphatic rings. The summed E-state index contributed by atoms with van der Waals surface area (Å²) in [6, 6.07) is 7.79. The van der Waals surface area contributed by atoms with Gasteiger partial charge >= 0.3 is 6.03 Å². The minimum atomic E-state index is -0.837. The number of rotatable bonds is 3. The van der Waals surface area contributed by atoms with Crippen LogP contribution in [0.2, 0.25) is 0 Å². The molecule has 0 aliphatic carbocycles. The summed E-state index contributed by atoms with van der Waals surface area (Å²) in [7, 11) is 1.41. The van der Waals surface area contributed by atoms with E-state index >= 15 is 0 Å². The Balaban J connectivity index is 2.64. The zero-order valence-corrected chi connectivity index (χ0v) is 10.1. The number of benzene rings is 1. The number of imide groups is 1. The zero-order chi connectivity index (χ0) is 13.5. The summed E-state index contributed by atoms with van der Waals surface area (Å²) < 4.78 is 5.32. The van der Waals surface area contributed by atoms with Crippen molar-refractivity contribution in [2.45, 2.75) is 13.0 Å². The van der Waals surface area contributed by atoms with Crippen molar-refractivity contribution in [3.63, 3.8) is 0 Å². The first-order valence-corrected chi connectivity index (χ1v) is 5.26. The van der Waals surface area contributed by atoms with Gasteiger partial charge in [0.2, 0.25) is 0 Å². The van der Waals surface area contributed by atoms with Crippen molar-refractivity contribution in [3.05, 3.63) is 29.8 Å². The van der Waals surface area contributed by atoms with Crippen LogP contribution in [0.3, 0.4) is 0 Å². The number of nitriles is 1. The number of carbonyl (C=O) groups is 2. The van der Waals surface area contributed by atoms with Gasteiger partial charge in [0, 0.05) is 7.05 Å². The Kier molecular flexibility index (Phi) is 4.69. The molecule has 0 heterocycles. The maximum absolute atomic E-state index is 11.5. The Morgan fingerprint density at radius 1 is 1.44 bits per heavy atom. The van der Waals surface area contributed by atoms with Crippen LogP contribution in [0.25, 0.3) is 0 Å². The van der Waals surface area contributed by atoms with E-state index in [9.17, 15) is 9.59 Å². The molecule has 0 spiro atoms. The molecule has 1 aromatic carbocycles. The summed E-state index contributed by atoms with van der Waals surface area (Å²) in [4.78, 5) is 22.4. The van der Waals surface area contributed by atoms with E-state index in [4.69, 9.17) is 10.00 Å². The van der Waals surface area contributed by atoms with Crippen molar-refractivity contribution in [2.24, 2.45) is 0 Å². The minimum absolute atomic E-state index is 0.397. The lowest BCUT2D eigenvalue weighted by Crippen LogP contribution is -2.43. The van der Waals surface area contributed by atoms with Gasteiger partial charge in [-0.05, 0) is 25.1 Å². The van der Waals surface area contributed by atoms with E-state index in [-0.39, 0.29) is 0 Å². The third kappa shape index (κ3) is 3.79. The van der Waals surface area contributed by atoms with Gasteiger partial charge in [-0.25, -0.2) is 4.79 Å². The molecule has 6 heteroatoms. The van der Waals surface area contributed by atoms with Gasteiger partial charge in [0.05, 0.1) is 11.6 Å². The van der Waals surface area contributed by atoms with Crippen molar-refractivity contribution in [3.8, 4) is 11.8 Å². The second kappa shape index (κ2) is 6.25. The maximum Gasteiger partial charge on any atom is 0.321 e. The third-order valence-electron chi connectivity index (χ3n) is 2.11. The van der Waals surface area contributed by atoms with Crippen LogP contribution < -0.4 is 15.4 Å². The Bertz CT molecular complexity index is 494. The van der Waals surface area contributed by atoms with E-state index in [1.807, 2.05) is 6.07 Å². The highest BCUT2D eigenvalue weighted by atomic mass is 16.5. The van der Waals surface area contributed by atoms with Crippen LogP contribution in [-0.2, 0) is 4.79 Å². The van der Waals surface area contributed by atoms with Gasteiger partial charge in [-0.15, -0.1) is 0 Å². The zero-order valence-electron chi connectivity index (χ0n) is 10.1. The molecule has 0 radical (unpaired) electrons. The summed E-state index contributed by atoms with van der Waals surface area (Å²) in [6.45, 7) is 1.51. The fourth-order valence-electron chi connectivity index (χ4n) is 1.17. The van der Waals surface area contributed by atoms with Crippen molar-refractivity contribution < 1.29 is 14.3 Å². The first kappa shape index (κ1) is 13.5. The van der Waals surface area contributed by atoms with Crippen molar-refractivity contribution in [1.82, 2.24) is 10.6 Å². The molecule has 94 valence electrons. The predicted octanol–water partition coefficient (Wildman–Crippen LogP) is 0.781. The van der Waals surface area contributed by atoms with Gasteiger partial charge in [-0.3, -0.25) is 10.1 Å². The van der Waals surface area contributed by atoms with Crippen molar-refractivity contribution >= 4 is 11.9 Å². The number of hydrogen-bond donors (Lipinski definition) is 2. The molecular weight excluding hydrogens is 234 g/mol.